The highest BCUT2D eigenvalue weighted by Crippen LogP contribution is 2.36. The number of hydrogen-bond donors (Lipinski definition) is 3. The van der Waals surface area contributed by atoms with E-state index < -0.39 is 12.2 Å². The van der Waals surface area contributed by atoms with Crippen molar-refractivity contribution in [3.8, 4) is 11.5 Å². The van der Waals surface area contributed by atoms with E-state index in [2.05, 4.69) is 31.9 Å². The van der Waals surface area contributed by atoms with E-state index in [1.165, 1.54) is 19.2 Å². The molecule has 0 aliphatic heterocycles. The van der Waals surface area contributed by atoms with Crippen LogP contribution in [0.3, 0.4) is 0 Å². The van der Waals surface area contributed by atoms with Gasteiger partial charge in [0.1, 0.15) is 6.10 Å². The molecule has 0 saturated carbocycles. The van der Waals surface area contributed by atoms with Gasteiger partial charge in [-0.25, -0.2) is 0 Å². The van der Waals surface area contributed by atoms with Crippen LogP contribution in [0.2, 0.25) is 0 Å². The zero-order valence-corrected chi connectivity index (χ0v) is 11.7. The fourth-order valence-corrected chi connectivity index (χ4v) is 2.16. The highest BCUT2D eigenvalue weighted by atomic mass is 79.9. The van der Waals surface area contributed by atoms with E-state index in [-0.39, 0.29) is 16.8 Å². The molecule has 1 aromatic rings. The summed E-state index contributed by atoms with van der Waals surface area (Å²) < 4.78 is 5.44. The van der Waals surface area contributed by atoms with Crippen LogP contribution < -0.4 is 4.74 Å². The van der Waals surface area contributed by atoms with Crippen LogP contribution in [0.15, 0.2) is 16.6 Å². The molecule has 6 heteroatoms. The number of methoxy groups -OCH3 is 1. The summed E-state index contributed by atoms with van der Waals surface area (Å²) in [5.41, 5.74) is 0.460. The number of halogens is 2. The maximum atomic E-state index is 9.83. The van der Waals surface area contributed by atoms with Gasteiger partial charge in [0.05, 0.1) is 13.2 Å². The number of benzene rings is 1. The van der Waals surface area contributed by atoms with Crippen LogP contribution in [-0.4, -0.2) is 33.9 Å². The Labute approximate surface area is 110 Å². The quantitative estimate of drug-likeness (QED) is 0.722. The maximum Gasteiger partial charge on any atom is 0.160 e. The van der Waals surface area contributed by atoms with Crippen LogP contribution in [0.25, 0.3) is 0 Å². The molecule has 0 aromatic heterocycles. The van der Waals surface area contributed by atoms with Gasteiger partial charge in [0.15, 0.2) is 11.5 Å². The molecule has 1 aromatic carbocycles. The van der Waals surface area contributed by atoms with Crippen molar-refractivity contribution in [1.29, 1.82) is 0 Å². The molecule has 0 bridgehead atoms. The molecule has 90 valence electrons. The lowest BCUT2D eigenvalue weighted by atomic mass is 10.0. The van der Waals surface area contributed by atoms with E-state index in [0.29, 0.717) is 10.0 Å². The first-order valence-corrected chi connectivity index (χ1v) is 6.41. The molecular formula is C10H12Br2O4. The minimum Gasteiger partial charge on any atom is -0.504 e. The third-order valence-electron chi connectivity index (χ3n) is 2.14. The molecule has 0 amide bonds. The molecule has 16 heavy (non-hydrogen) atoms. The van der Waals surface area contributed by atoms with Crippen molar-refractivity contribution in [2.45, 2.75) is 12.2 Å². The second kappa shape index (κ2) is 5.86. The molecule has 0 saturated heterocycles. The predicted molar refractivity (Wildman–Crippen MR) is 67.1 cm³/mol. The van der Waals surface area contributed by atoms with Crippen molar-refractivity contribution in [3.05, 3.63) is 22.2 Å². The zero-order chi connectivity index (χ0) is 12.3. The lowest BCUT2D eigenvalue weighted by Gasteiger charge is -2.18. The third-order valence-corrected chi connectivity index (χ3v) is 3.49. The Morgan fingerprint density at radius 1 is 1.38 bits per heavy atom. The largest absolute Gasteiger partial charge is 0.504 e. The number of alkyl halides is 1. The smallest absolute Gasteiger partial charge is 0.160 e. The van der Waals surface area contributed by atoms with Crippen LogP contribution in [-0.2, 0) is 0 Å². The summed E-state index contributed by atoms with van der Waals surface area (Å²) in [6.45, 7) is 0. The molecule has 1 rings (SSSR count). The zero-order valence-electron chi connectivity index (χ0n) is 8.52. The van der Waals surface area contributed by atoms with E-state index in [1.54, 1.807) is 0 Å². The van der Waals surface area contributed by atoms with E-state index in [1.807, 2.05) is 0 Å². The van der Waals surface area contributed by atoms with E-state index in [4.69, 9.17) is 4.74 Å². The fraction of sp³-hybridized carbons (Fsp3) is 0.400. The standard InChI is InChI=1S/C10H12Br2O4/c1-16-9-2-5(6(12)3-7(9)13)10(15)8(14)4-11/h2-3,8,10,13-15H,4H2,1H3. The Morgan fingerprint density at radius 3 is 2.50 bits per heavy atom. The van der Waals surface area contributed by atoms with Crippen molar-refractivity contribution >= 4 is 31.9 Å². The van der Waals surface area contributed by atoms with Gasteiger partial charge in [-0.15, -0.1) is 0 Å². The number of ether oxygens (including phenoxy) is 1. The van der Waals surface area contributed by atoms with E-state index in [0.717, 1.165) is 0 Å². The van der Waals surface area contributed by atoms with Gasteiger partial charge >= 0.3 is 0 Å². The summed E-state index contributed by atoms with van der Waals surface area (Å²) in [4.78, 5) is 0. The van der Waals surface area contributed by atoms with Gasteiger partial charge in [-0.05, 0) is 12.1 Å². The molecule has 0 radical (unpaired) electrons. The molecule has 0 aliphatic rings. The third kappa shape index (κ3) is 2.88. The van der Waals surface area contributed by atoms with E-state index >= 15 is 0 Å². The second-order valence-corrected chi connectivity index (χ2v) is 4.71. The maximum absolute atomic E-state index is 9.83. The monoisotopic (exact) mass is 354 g/mol. The molecule has 4 nitrogen and oxygen atoms in total. The minimum atomic E-state index is -1.05. The Morgan fingerprint density at radius 2 is 2.00 bits per heavy atom. The molecule has 0 aliphatic carbocycles. The van der Waals surface area contributed by atoms with Crippen LogP contribution in [0.4, 0.5) is 0 Å². The summed E-state index contributed by atoms with van der Waals surface area (Å²) in [5, 5.41) is 29.1. The summed E-state index contributed by atoms with van der Waals surface area (Å²) in [6, 6.07) is 2.90. The number of rotatable bonds is 4. The Hall–Kier alpha value is -0.300. The summed E-state index contributed by atoms with van der Waals surface area (Å²) in [6.07, 6.45) is -1.98. The Bertz CT molecular complexity index is 370. The second-order valence-electron chi connectivity index (χ2n) is 3.21. The lowest BCUT2D eigenvalue weighted by Crippen LogP contribution is -2.19. The van der Waals surface area contributed by atoms with E-state index in [9.17, 15) is 15.3 Å². The topological polar surface area (TPSA) is 69.9 Å². The average Bonchev–Trinajstić information content (AvgIpc) is 2.27. The van der Waals surface area contributed by atoms with Gasteiger partial charge in [-0.3, -0.25) is 0 Å². The first kappa shape index (κ1) is 13.8. The number of aromatic hydroxyl groups is 1. The SMILES string of the molecule is COc1cc(C(O)C(O)CBr)c(Br)cc1O. The summed E-state index contributed by atoms with van der Waals surface area (Å²) >= 11 is 6.29. The summed E-state index contributed by atoms with van der Waals surface area (Å²) in [7, 11) is 1.42. The van der Waals surface area contributed by atoms with Gasteiger partial charge in [-0.1, -0.05) is 31.9 Å². The van der Waals surface area contributed by atoms with Crippen LogP contribution >= 0.6 is 31.9 Å². The molecule has 0 fully saturated rings. The predicted octanol–water partition coefficient (Wildman–Crippen LogP) is 1.95. The molecule has 3 N–H and O–H groups in total. The fourth-order valence-electron chi connectivity index (χ4n) is 1.24. The number of hydrogen-bond acceptors (Lipinski definition) is 4. The Kier molecular flexibility index (Phi) is 5.04. The van der Waals surface area contributed by atoms with Crippen molar-refractivity contribution in [3.63, 3.8) is 0 Å². The van der Waals surface area contributed by atoms with Gasteiger partial charge in [-0.2, -0.15) is 0 Å². The molecule has 0 spiro atoms. The van der Waals surface area contributed by atoms with Gasteiger partial charge < -0.3 is 20.1 Å². The summed E-state index contributed by atoms with van der Waals surface area (Å²) in [5.74, 6) is 0.220. The number of aliphatic hydroxyl groups excluding tert-OH is 2. The van der Waals surface area contributed by atoms with Crippen LogP contribution in [0, 0.1) is 0 Å². The highest BCUT2D eigenvalue weighted by molar-refractivity contribution is 9.10. The molecule has 2 atom stereocenters. The van der Waals surface area contributed by atoms with Crippen molar-refractivity contribution in [2.75, 3.05) is 12.4 Å². The number of aliphatic hydroxyl groups is 2. The highest BCUT2D eigenvalue weighted by Gasteiger charge is 2.21. The van der Waals surface area contributed by atoms with Crippen molar-refractivity contribution in [2.24, 2.45) is 0 Å². The lowest BCUT2D eigenvalue weighted by molar-refractivity contribution is 0.0336. The van der Waals surface area contributed by atoms with Crippen LogP contribution in [0.1, 0.15) is 11.7 Å². The average molecular weight is 356 g/mol. The van der Waals surface area contributed by atoms with Gasteiger partial charge in [0, 0.05) is 15.4 Å². The molecular weight excluding hydrogens is 344 g/mol. The molecule has 0 heterocycles. The minimum absolute atomic E-state index is 0.0290. The first-order valence-electron chi connectivity index (χ1n) is 4.49. The van der Waals surface area contributed by atoms with Gasteiger partial charge in [0.2, 0.25) is 0 Å². The Balaban J connectivity index is 3.13. The van der Waals surface area contributed by atoms with Gasteiger partial charge in [0.25, 0.3) is 0 Å². The number of phenols is 1. The van der Waals surface area contributed by atoms with Crippen molar-refractivity contribution in [1.82, 2.24) is 0 Å². The van der Waals surface area contributed by atoms with Crippen LogP contribution in [0.5, 0.6) is 11.5 Å². The van der Waals surface area contributed by atoms with Crippen molar-refractivity contribution < 1.29 is 20.1 Å². The normalized spacial score (nSPS) is 14.6. The molecule has 2 unspecified atom stereocenters. The number of phenolic OH excluding ortho intramolecular Hbond substituents is 1. The first-order chi connectivity index (χ1) is 7.51.